The van der Waals surface area contributed by atoms with Crippen molar-refractivity contribution in [2.45, 2.75) is 44.7 Å². The second-order valence-corrected chi connectivity index (χ2v) is 5.82. The van der Waals surface area contributed by atoms with E-state index in [9.17, 15) is 10.1 Å². The van der Waals surface area contributed by atoms with Gasteiger partial charge in [0.25, 0.3) is 5.69 Å². The Hall–Kier alpha value is -2.37. The molecule has 2 aromatic rings. The van der Waals surface area contributed by atoms with Crippen LogP contribution in [-0.4, -0.2) is 20.5 Å². The first-order chi connectivity index (χ1) is 10.7. The van der Waals surface area contributed by atoms with Gasteiger partial charge in [-0.15, -0.1) is 0 Å². The lowest BCUT2D eigenvalue weighted by Gasteiger charge is -2.23. The molecule has 1 fully saturated rings. The maximum absolute atomic E-state index is 11.4. The van der Waals surface area contributed by atoms with E-state index in [1.54, 1.807) is 18.6 Å². The van der Waals surface area contributed by atoms with Gasteiger partial charge in [0.15, 0.2) is 0 Å². The number of nitrogens with one attached hydrogen (secondary N) is 1. The van der Waals surface area contributed by atoms with Crippen molar-refractivity contribution in [3.05, 3.63) is 52.6 Å². The highest BCUT2D eigenvalue weighted by Crippen LogP contribution is 2.29. The predicted molar refractivity (Wildman–Crippen MR) is 84.9 cm³/mol. The molecule has 6 nitrogen and oxygen atoms in total. The fraction of sp³-hybridized carbons (Fsp3) is 0.438. The fourth-order valence-electron chi connectivity index (χ4n) is 3.01. The zero-order chi connectivity index (χ0) is 15.4. The van der Waals surface area contributed by atoms with E-state index in [1.807, 2.05) is 22.9 Å². The Labute approximate surface area is 129 Å². The van der Waals surface area contributed by atoms with Crippen LogP contribution < -0.4 is 5.32 Å². The summed E-state index contributed by atoms with van der Waals surface area (Å²) >= 11 is 0. The summed E-state index contributed by atoms with van der Waals surface area (Å²) in [6.07, 6.45) is 11.1. The third kappa shape index (κ3) is 3.44. The van der Waals surface area contributed by atoms with E-state index in [-0.39, 0.29) is 10.6 Å². The maximum atomic E-state index is 11.4. The Kier molecular flexibility index (Phi) is 4.37. The van der Waals surface area contributed by atoms with Gasteiger partial charge < -0.3 is 9.88 Å². The molecule has 0 aliphatic heterocycles. The minimum Gasteiger partial charge on any atom is -0.377 e. The van der Waals surface area contributed by atoms with Crippen LogP contribution in [0.15, 0.2) is 36.9 Å². The molecule has 1 aromatic carbocycles. The highest BCUT2D eigenvalue weighted by Gasteiger charge is 2.19. The molecule has 1 aliphatic rings. The first-order valence-corrected chi connectivity index (χ1v) is 7.72. The molecule has 0 amide bonds. The number of aromatic nitrogens is 2. The van der Waals surface area contributed by atoms with E-state index < -0.39 is 0 Å². The molecule has 6 heteroatoms. The van der Waals surface area contributed by atoms with Gasteiger partial charge in [0.2, 0.25) is 0 Å². The lowest BCUT2D eigenvalue weighted by Crippen LogP contribution is -2.22. The van der Waals surface area contributed by atoms with Gasteiger partial charge in [-0.25, -0.2) is 4.98 Å². The van der Waals surface area contributed by atoms with Crippen LogP contribution in [0.5, 0.6) is 0 Å². The summed E-state index contributed by atoms with van der Waals surface area (Å²) in [5.74, 6) is 0. The van der Waals surface area contributed by atoms with Gasteiger partial charge in [0.1, 0.15) is 5.69 Å². The van der Waals surface area contributed by atoms with Crippen molar-refractivity contribution < 1.29 is 4.92 Å². The summed E-state index contributed by atoms with van der Waals surface area (Å²) < 4.78 is 1.90. The zero-order valence-electron chi connectivity index (χ0n) is 12.4. The number of benzene rings is 1. The molecule has 1 N–H and O–H groups in total. The van der Waals surface area contributed by atoms with Crippen molar-refractivity contribution in [3.8, 4) is 0 Å². The number of hydrogen-bond acceptors (Lipinski definition) is 4. The van der Waals surface area contributed by atoms with Crippen molar-refractivity contribution in [2.75, 3.05) is 5.32 Å². The van der Waals surface area contributed by atoms with Gasteiger partial charge in [0, 0.05) is 31.0 Å². The third-order valence-corrected chi connectivity index (χ3v) is 4.15. The van der Waals surface area contributed by atoms with E-state index >= 15 is 0 Å². The maximum Gasteiger partial charge on any atom is 0.292 e. The minimum atomic E-state index is -0.303. The number of nitrogens with zero attached hydrogens (tertiary/aromatic N) is 3. The summed E-state index contributed by atoms with van der Waals surface area (Å²) in [6, 6.07) is 5.79. The molecule has 22 heavy (non-hydrogen) atoms. The second kappa shape index (κ2) is 6.60. The van der Waals surface area contributed by atoms with Crippen LogP contribution in [0.1, 0.15) is 37.7 Å². The van der Waals surface area contributed by atoms with E-state index in [2.05, 4.69) is 10.3 Å². The second-order valence-electron chi connectivity index (χ2n) is 5.82. The number of hydrogen-bond donors (Lipinski definition) is 1. The zero-order valence-corrected chi connectivity index (χ0v) is 12.4. The molecule has 0 unspecified atom stereocenters. The van der Waals surface area contributed by atoms with Crippen LogP contribution in [0.4, 0.5) is 11.4 Å². The molecular weight excluding hydrogens is 280 g/mol. The minimum absolute atomic E-state index is 0.156. The smallest absolute Gasteiger partial charge is 0.292 e. The molecule has 1 aromatic heterocycles. The Bertz CT molecular complexity index is 634. The SMILES string of the molecule is O=[N+]([O-])c1cc(Cn2ccnc2)ccc1NC1CCCCC1. The number of imidazole rings is 1. The first kappa shape index (κ1) is 14.6. The summed E-state index contributed by atoms with van der Waals surface area (Å²) in [5, 5.41) is 14.7. The summed E-state index contributed by atoms with van der Waals surface area (Å²) in [5.41, 5.74) is 1.69. The lowest BCUT2D eigenvalue weighted by atomic mass is 9.95. The number of nitro groups is 1. The predicted octanol–water partition coefficient (Wildman–Crippen LogP) is 3.58. The lowest BCUT2D eigenvalue weighted by molar-refractivity contribution is -0.384. The van der Waals surface area contributed by atoms with Gasteiger partial charge in [-0.2, -0.15) is 0 Å². The van der Waals surface area contributed by atoms with E-state index in [4.69, 9.17) is 0 Å². The molecule has 3 rings (SSSR count). The molecule has 0 saturated heterocycles. The quantitative estimate of drug-likeness (QED) is 0.676. The molecule has 0 spiro atoms. The van der Waals surface area contributed by atoms with Crippen molar-refractivity contribution in [2.24, 2.45) is 0 Å². The van der Waals surface area contributed by atoms with Crippen molar-refractivity contribution >= 4 is 11.4 Å². The summed E-state index contributed by atoms with van der Waals surface area (Å²) in [6.45, 7) is 0.588. The van der Waals surface area contributed by atoms with Gasteiger partial charge in [-0.3, -0.25) is 10.1 Å². The van der Waals surface area contributed by atoms with Crippen LogP contribution in [-0.2, 0) is 6.54 Å². The molecule has 1 heterocycles. The standard InChI is InChI=1S/C16H20N4O2/c21-20(22)16-10-13(11-19-9-8-17-12-19)6-7-15(16)18-14-4-2-1-3-5-14/h6-10,12,14,18H,1-5,11H2. The number of rotatable bonds is 5. The van der Waals surface area contributed by atoms with Gasteiger partial charge in [0.05, 0.1) is 11.3 Å². The number of anilines is 1. The van der Waals surface area contributed by atoms with E-state index in [1.165, 1.54) is 19.3 Å². The molecule has 0 atom stereocenters. The topological polar surface area (TPSA) is 73.0 Å². The van der Waals surface area contributed by atoms with Crippen molar-refractivity contribution in [3.63, 3.8) is 0 Å². The summed E-state index contributed by atoms with van der Waals surface area (Å²) in [7, 11) is 0. The number of nitro benzene ring substituents is 1. The normalized spacial score (nSPS) is 15.6. The van der Waals surface area contributed by atoms with Crippen LogP contribution in [0.2, 0.25) is 0 Å². The van der Waals surface area contributed by atoms with Crippen molar-refractivity contribution in [1.29, 1.82) is 0 Å². The first-order valence-electron chi connectivity index (χ1n) is 7.72. The van der Waals surface area contributed by atoms with E-state index in [0.29, 0.717) is 18.3 Å². The summed E-state index contributed by atoms with van der Waals surface area (Å²) in [4.78, 5) is 15.0. The Balaban J connectivity index is 1.79. The van der Waals surface area contributed by atoms with Gasteiger partial charge >= 0.3 is 0 Å². The molecule has 1 aliphatic carbocycles. The van der Waals surface area contributed by atoms with Crippen LogP contribution >= 0.6 is 0 Å². The van der Waals surface area contributed by atoms with Crippen molar-refractivity contribution in [1.82, 2.24) is 9.55 Å². The molecule has 0 radical (unpaired) electrons. The molecular formula is C16H20N4O2. The fourth-order valence-corrected chi connectivity index (χ4v) is 3.01. The monoisotopic (exact) mass is 300 g/mol. The molecule has 1 saturated carbocycles. The highest BCUT2D eigenvalue weighted by atomic mass is 16.6. The van der Waals surface area contributed by atoms with Gasteiger partial charge in [-0.05, 0) is 24.5 Å². The molecule has 116 valence electrons. The average Bonchev–Trinajstić information content (AvgIpc) is 3.02. The third-order valence-electron chi connectivity index (χ3n) is 4.15. The van der Waals surface area contributed by atoms with Gasteiger partial charge in [-0.1, -0.05) is 25.3 Å². The van der Waals surface area contributed by atoms with Crippen LogP contribution in [0.3, 0.4) is 0 Å². The van der Waals surface area contributed by atoms with Crippen LogP contribution in [0, 0.1) is 10.1 Å². The Morgan fingerprint density at radius 2 is 2.14 bits per heavy atom. The van der Waals surface area contributed by atoms with E-state index in [0.717, 1.165) is 18.4 Å². The van der Waals surface area contributed by atoms with Crippen LogP contribution in [0.25, 0.3) is 0 Å². The largest absolute Gasteiger partial charge is 0.377 e. The molecule has 0 bridgehead atoms. The highest BCUT2D eigenvalue weighted by molar-refractivity contribution is 5.63. The average molecular weight is 300 g/mol. The Morgan fingerprint density at radius 3 is 2.82 bits per heavy atom. The Morgan fingerprint density at radius 1 is 1.32 bits per heavy atom.